The molecule has 17 heavy (non-hydrogen) atoms. The van der Waals surface area contributed by atoms with E-state index >= 15 is 0 Å². The number of halogens is 1. The van der Waals surface area contributed by atoms with Gasteiger partial charge >= 0.3 is 0 Å². The number of benzene rings is 1. The lowest BCUT2D eigenvalue weighted by Crippen LogP contribution is -2.17. The highest BCUT2D eigenvalue weighted by Crippen LogP contribution is 2.16. The SMILES string of the molecule is NCCc1cnc(-c2ccc(Cl)cc2)[nH]c1=O. The standard InChI is InChI=1S/C12H12ClN3O/c13-10-3-1-8(2-4-10)11-15-7-9(5-6-14)12(17)16-11/h1-4,7H,5-6,14H2,(H,15,16,17). The Labute approximate surface area is 103 Å². The fourth-order valence-corrected chi connectivity index (χ4v) is 1.64. The number of aromatic nitrogens is 2. The number of rotatable bonds is 3. The van der Waals surface area contributed by atoms with Crippen LogP contribution in [-0.2, 0) is 6.42 Å². The summed E-state index contributed by atoms with van der Waals surface area (Å²) < 4.78 is 0. The second-order valence-corrected chi connectivity index (χ2v) is 4.07. The third-order valence-electron chi connectivity index (χ3n) is 2.40. The Morgan fingerprint density at radius 3 is 2.59 bits per heavy atom. The van der Waals surface area contributed by atoms with Gasteiger partial charge in [0.2, 0.25) is 0 Å². The number of nitrogens with one attached hydrogen (secondary N) is 1. The lowest BCUT2D eigenvalue weighted by Gasteiger charge is -2.02. The molecule has 0 radical (unpaired) electrons. The van der Waals surface area contributed by atoms with Crippen molar-refractivity contribution in [3.8, 4) is 11.4 Å². The van der Waals surface area contributed by atoms with Crippen molar-refractivity contribution in [2.75, 3.05) is 6.54 Å². The summed E-state index contributed by atoms with van der Waals surface area (Å²) in [5.74, 6) is 0.535. The average molecular weight is 250 g/mol. The summed E-state index contributed by atoms with van der Waals surface area (Å²) in [7, 11) is 0. The van der Waals surface area contributed by atoms with Crippen LogP contribution in [0.15, 0.2) is 35.3 Å². The van der Waals surface area contributed by atoms with Gasteiger partial charge in [-0.25, -0.2) is 4.98 Å². The van der Waals surface area contributed by atoms with Crippen LogP contribution in [0.5, 0.6) is 0 Å². The lowest BCUT2D eigenvalue weighted by molar-refractivity contribution is 0.924. The molecular weight excluding hydrogens is 238 g/mol. The van der Waals surface area contributed by atoms with Gasteiger partial charge in [-0.1, -0.05) is 11.6 Å². The highest BCUT2D eigenvalue weighted by atomic mass is 35.5. The van der Waals surface area contributed by atoms with E-state index in [0.717, 1.165) is 5.56 Å². The number of aromatic amines is 1. The number of nitrogens with zero attached hydrogens (tertiary/aromatic N) is 1. The Kier molecular flexibility index (Phi) is 3.56. The summed E-state index contributed by atoms with van der Waals surface area (Å²) in [5, 5.41) is 0.649. The third kappa shape index (κ3) is 2.72. The zero-order chi connectivity index (χ0) is 12.3. The fourth-order valence-electron chi connectivity index (χ4n) is 1.51. The van der Waals surface area contributed by atoms with Crippen LogP contribution in [0.25, 0.3) is 11.4 Å². The molecule has 1 aromatic heterocycles. The monoisotopic (exact) mass is 249 g/mol. The predicted octanol–water partition coefficient (Wildman–Crippen LogP) is 1.59. The first-order chi connectivity index (χ1) is 8.20. The van der Waals surface area contributed by atoms with E-state index in [9.17, 15) is 4.79 Å². The first kappa shape index (κ1) is 11.8. The van der Waals surface area contributed by atoms with Crippen molar-refractivity contribution in [3.63, 3.8) is 0 Å². The summed E-state index contributed by atoms with van der Waals surface area (Å²) in [6.45, 7) is 0.436. The minimum absolute atomic E-state index is 0.143. The highest BCUT2D eigenvalue weighted by molar-refractivity contribution is 6.30. The summed E-state index contributed by atoms with van der Waals surface area (Å²) in [6, 6.07) is 7.13. The number of H-pyrrole nitrogens is 1. The number of nitrogens with two attached hydrogens (primary N) is 1. The molecule has 4 nitrogen and oxygen atoms in total. The van der Waals surface area contributed by atoms with Gasteiger partial charge in [-0.15, -0.1) is 0 Å². The van der Waals surface area contributed by atoms with Crippen LogP contribution in [0.3, 0.4) is 0 Å². The van der Waals surface area contributed by atoms with Crippen molar-refractivity contribution in [3.05, 3.63) is 51.4 Å². The quantitative estimate of drug-likeness (QED) is 0.868. The van der Waals surface area contributed by atoms with Gasteiger partial charge in [0.1, 0.15) is 5.82 Å². The van der Waals surface area contributed by atoms with Crippen LogP contribution in [0.4, 0.5) is 0 Å². The van der Waals surface area contributed by atoms with E-state index in [2.05, 4.69) is 9.97 Å². The maximum absolute atomic E-state index is 11.7. The first-order valence-corrected chi connectivity index (χ1v) is 5.62. The van der Waals surface area contributed by atoms with Crippen molar-refractivity contribution in [1.29, 1.82) is 0 Å². The molecule has 0 atom stereocenters. The summed E-state index contributed by atoms with van der Waals surface area (Å²) in [6.07, 6.45) is 2.10. The highest BCUT2D eigenvalue weighted by Gasteiger charge is 2.03. The van der Waals surface area contributed by atoms with E-state index in [0.29, 0.717) is 29.4 Å². The Balaban J connectivity index is 2.37. The van der Waals surface area contributed by atoms with Gasteiger partial charge in [-0.05, 0) is 37.2 Å². The van der Waals surface area contributed by atoms with E-state index < -0.39 is 0 Å². The van der Waals surface area contributed by atoms with Crippen molar-refractivity contribution in [1.82, 2.24) is 9.97 Å². The molecule has 3 N–H and O–H groups in total. The van der Waals surface area contributed by atoms with Gasteiger partial charge < -0.3 is 10.7 Å². The van der Waals surface area contributed by atoms with E-state index in [4.69, 9.17) is 17.3 Å². The summed E-state index contributed by atoms with van der Waals surface area (Å²) in [5.41, 5.74) is 6.68. The molecule has 0 aliphatic carbocycles. The fraction of sp³-hybridized carbons (Fsp3) is 0.167. The Morgan fingerprint density at radius 2 is 2.00 bits per heavy atom. The third-order valence-corrected chi connectivity index (χ3v) is 2.66. The van der Waals surface area contributed by atoms with E-state index in [1.807, 2.05) is 12.1 Å². The normalized spacial score (nSPS) is 10.5. The molecular formula is C12H12ClN3O. The molecule has 5 heteroatoms. The number of hydrogen-bond donors (Lipinski definition) is 2. The van der Waals surface area contributed by atoms with Crippen molar-refractivity contribution in [2.24, 2.45) is 5.73 Å². The van der Waals surface area contributed by atoms with Gasteiger partial charge in [-0.3, -0.25) is 4.79 Å². The van der Waals surface area contributed by atoms with Gasteiger partial charge in [0, 0.05) is 22.3 Å². The Bertz CT molecular complexity index is 563. The van der Waals surface area contributed by atoms with Gasteiger partial charge in [0.25, 0.3) is 5.56 Å². The second-order valence-electron chi connectivity index (χ2n) is 3.63. The Morgan fingerprint density at radius 1 is 1.29 bits per heavy atom. The lowest BCUT2D eigenvalue weighted by atomic mass is 10.2. The molecule has 2 aromatic rings. The Hall–Kier alpha value is -1.65. The topological polar surface area (TPSA) is 71.8 Å². The zero-order valence-electron chi connectivity index (χ0n) is 9.11. The first-order valence-electron chi connectivity index (χ1n) is 5.25. The minimum atomic E-state index is -0.143. The van der Waals surface area contributed by atoms with Crippen molar-refractivity contribution in [2.45, 2.75) is 6.42 Å². The maximum atomic E-state index is 11.7. The number of hydrogen-bond acceptors (Lipinski definition) is 3. The molecule has 88 valence electrons. The van der Waals surface area contributed by atoms with Crippen LogP contribution >= 0.6 is 11.6 Å². The van der Waals surface area contributed by atoms with E-state index in [1.165, 1.54) is 0 Å². The summed E-state index contributed by atoms with van der Waals surface area (Å²) in [4.78, 5) is 18.6. The molecule has 0 fully saturated rings. The van der Waals surface area contributed by atoms with Crippen molar-refractivity contribution >= 4 is 11.6 Å². The molecule has 0 saturated carbocycles. The average Bonchev–Trinajstić information content (AvgIpc) is 2.33. The molecule has 2 rings (SSSR count). The van der Waals surface area contributed by atoms with Crippen LogP contribution < -0.4 is 11.3 Å². The summed E-state index contributed by atoms with van der Waals surface area (Å²) >= 11 is 5.79. The zero-order valence-corrected chi connectivity index (χ0v) is 9.87. The van der Waals surface area contributed by atoms with Gasteiger partial charge in [0.15, 0.2) is 0 Å². The van der Waals surface area contributed by atoms with Crippen LogP contribution in [0.2, 0.25) is 5.02 Å². The van der Waals surface area contributed by atoms with Crippen LogP contribution in [0, 0.1) is 0 Å². The molecule has 0 spiro atoms. The maximum Gasteiger partial charge on any atom is 0.254 e. The van der Waals surface area contributed by atoms with E-state index in [1.54, 1.807) is 18.3 Å². The largest absolute Gasteiger partial charge is 0.330 e. The molecule has 0 amide bonds. The molecule has 0 aliphatic heterocycles. The molecule has 1 heterocycles. The van der Waals surface area contributed by atoms with E-state index in [-0.39, 0.29) is 5.56 Å². The smallest absolute Gasteiger partial charge is 0.254 e. The van der Waals surface area contributed by atoms with Crippen LogP contribution in [-0.4, -0.2) is 16.5 Å². The predicted molar refractivity (Wildman–Crippen MR) is 68.1 cm³/mol. The molecule has 0 unspecified atom stereocenters. The van der Waals surface area contributed by atoms with Gasteiger partial charge in [-0.2, -0.15) is 0 Å². The molecule has 0 saturated heterocycles. The second kappa shape index (κ2) is 5.12. The van der Waals surface area contributed by atoms with Crippen molar-refractivity contribution < 1.29 is 0 Å². The van der Waals surface area contributed by atoms with Crippen LogP contribution in [0.1, 0.15) is 5.56 Å². The minimum Gasteiger partial charge on any atom is -0.330 e. The molecule has 0 bridgehead atoms. The molecule has 1 aromatic carbocycles. The van der Waals surface area contributed by atoms with Gasteiger partial charge in [0.05, 0.1) is 0 Å². The molecule has 0 aliphatic rings.